The Morgan fingerprint density at radius 1 is 1.31 bits per heavy atom. The highest BCUT2D eigenvalue weighted by atomic mass is 32.2. The molecule has 0 aliphatic heterocycles. The lowest BCUT2D eigenvalue weighted by molar-refractivity contribution is -0.843. The Morgan fingerprint density at radius 2 is 2.06 bits per heavy atom. The van der Waals surface area contributed by atoms with Gasteiger partial charge in [0.1, 0.15) is 10.1 Å². The van der Waals surface area contributed by atoms with Crippen LogP contribution in [0.15, 0.2) is 45.9 Å². The summed E-state index contributed by atoms with van der Waals surface area (Å²) >= 11 is 0. The Bertz CT molecular complexity index is 615. The van der Waals surface area contributed by atoms with Crippen LogP contribution in [0.3, 0.4) is 0 Å². The van der Waals surface area contributed by atoms with E-state index in [4.69, 9.17) is 4.52 Å². The van der Waals surface area contributed by atoms with E-state index in [1.165, 1.54) is 22.9 Å². The van der Waals surface area contributed by atoms with Crippen molar-refractivity contribution >= 4 is 10.1 Å². The molecule has 16 heavy (non-hydrogen) atoms. The average Bonchev–Trinajstić information content (AvgIpc) is 2.64. The summed E-state index contributed by atoms with van der Waals surface area (Å²) in [7, 11) is -2.72. The van der Waals surface area contributed by atoms with E-state index in [2.05, 4.69) is 0 Å². The first-order chi connectivity index (χ1) is 7.47. The third-order valence-electron chi connectivity index (χ3n) is 2.09. The van der Waals surface area contributed by atoms with E-state index in [9.17, 15) is 13.0 Å². The van der Waals surface area contributed by atoms with Crippen LogP contribution in [0.5, 0.6) is 0 Å². The molecular formula is C10H9NO4S. The predicted molar refractivity (Wildman–Crippen MR) is 53.3 cm³/mol. The molecule has 0 unspecified atom stereocenters. The van der Waals surface area contributed by atoms with E-state index in [-0.39, 0.29) is 4.90 Å². The summed E-state index contributed by atoms with van der Waals surface area (Å²) in [4.78, 5) is -0.260. The van der Waals surface area contributed by atoms with Gasteiger partial charge in [0.05, 0.1) is 11.0 Å². The molecule has 1 aromatic carbocycles. The SMILES string of the molecule is C[n+]1ccc(-c2cccc(S(=O)(=O)[O-])c2)o1. The van der Waals surface area contributed by atoms with Crippen LogP contribution in [0.25, 0.3) is 11.3 Å². The average molecular weight is 239 g/mol. The largest absolute Gasteiger partial charge is 0.744 e. The molecule has 0 spiro atoms. The molecule has 1 heterocycles. The van der Waals surface area contributed by atoms with E-state index < -0.39 is 10.1 Å². The van der Waals surface area contributed by atoms with Crippen molar-refractivity contribution in [1.82, 2.24) is 0 Å². The fourth-order valence-electron chi connectivity index (χ4n) is 1.34. The summed E-state index contributed by atoms with van der Waals surface area (Å²) in [5.41, 5.74) is 0.553. The molecule has 84 valence electrons. The molecule has 0 fully saturated rings. The van der Waals surface area contributed by atoms with Crippen molar-refractivity contribution in [3.63, 3.8) is 0 Å². The Kier molecular flexibility index (Phi) is 2.53. The molecule has 0 atom stereocenters. The second kappa shape index (κ2) is 3.73. The topological polar surface area (TPSA) is 74.2 Å². The molecule has 1 aromatic heterocycles. The monoisotopic (exact) mass is 239 g/mol. The van der Waals surface area contributed by atoms with Gasteiger partial charge in [0.2, 0.25) is 12.0 Å². The van der Waals surface area contributed by atoms with Gasteiger partial charge < -0.3 is 4.55 Å². The maximum atomic E-state index is 10.8. The van der Waals surface area contributed by atoms with Crippen molar-refractivity contribution in [2.75, 3.05) is 0 Å². The van der Waals surface area contributed by atoms with Gasteiger partial charge in [0, 0.05) is 5.56 Å². The molecule has 2 aromatic rings. The number of nitrogens with zero attached hydrogens (tertiary/aromatic N) is 1. The molecule has 0 aliphatic carbocycles. The van der Waals surface area contributed by atoms with Gasteiger partial charge in [-0.3, -0.25) is 0 Å². The van der Waals surface area contributed by atoms with Crippen LogP contribution < -0.4 is 4.74 Å². The number of aryl methyl sites for hydroxylation is 1. The zero-order valence-electron chi connectivity index (χ0n) is 8.45. The van der Waals surface area contributed by atoms with Crippen LogP contribution >= 0.6 is 0 Å². The van der Waals surface area contributed by atoms with Gasteiger partial charge in [0.25, 0.3) is 0 Å². The number of hydrogen-bond donors (Lipinski definition) is 0. The zero-order valence-corrected chi connectivity index (χ0v) is 9.27. The van der Waals surface area contributed by atoms with Crippen LogP contribution in [-0.2, 0) is 17.2 Å². The van der Waals surface area contributed by atoms with Crippen molar-refractivity contribution in [1.29, 1.82) is 0 Å². The Balaban J connectivity index is 2.52. The van der Waals surface area contributed by atoms with Gasteiger partial charge in [-0.05, 0) is 16.9 Å². The summed E-state index contributed by atoms with van der Waals surface area (Å²) in [6, 6.07) is 7.42. The first-order valence-electron chi connectivity index (χ1n) is 4.49. The minimum atomic E-state index is -4.42. The highest BCUT2D eigenvalue weighted by Gasteiger charge is 2.09. The fraction of sp³-hybridized carbons (Fsp3) is 0.100. The molecule has 0 saturated heterocycles. The van der Waals surface area contributed by atoms with Crippen molar-refractivity contribution in [2.24, 2.45) is 7.05 Å². The minimum absolute atomic E-state index is 0.260. The molecule has 5 nitrogen and oxygen atoms in total. The first-order valence-corrected chi connectivity index (χ1v) is 5.90. The fourth-order valence-corrected chi connectivity index (χ4v) is 1.86. The molecule has 2 rings (SSSR count). The summed E-state index contributed by atoms with van der Waals surface area (Å²) in [6.07, 6.45) is 1.69. The Labute approximate surface area is 92.7 Å². The second-order valence-corrected chi connectivity index (χ2v) is 4.68. The van der Waals surface area contributed by atoms with Gasteiger partial charge in [-0.25, -0.2) is 12.9 Å². The lowest BCUT2D eigenvalue weighted by Crippen LogP contribution is -2.22. The van der Waals surface area contributed by atoms with Crippen molar-refractivity contribution < 1.29 is 22.2 Å². The maximum Gasteiger partial charge on any atom is 0.219 e. The van der Waals surface area contributed by atoms with Gasteiger partial charge in [-0.1, -0.05) is 12.1 Å². The summed E-state index contributed by atoms with van der Waals surface area (Å²) in [6.45, 7) is 0. The third-order valence-corrected chi connectivity index (χ3v) is 2.92. The molecule has 0 radical (unpaired) electrons. The predicted octanol–water partition coefficient (Wildman–Crippen LogP) is 0.675. The van der Waals surface area contributed by atoms with Crippen LogP contribution in [-0.4, -0.2) is 13.0 Å². The first kappa shape index (κ1) is 10.8. The minimum Gasteiger partial charge on any atom is -0.744 e. The van der Waals surface area contributed by atoms with Gasteiger partial charge in [0.15, 0.2) is 7.05 Å². The molecular weight excluding hydrogens is 230 g/mol. The smallest absolute Gasteiger partial charge is 0.219 e. The standard InChI is InChI=1S/C10H9NO4S/c1-11-6-5-10(15-11)8-3-2-4-9(7-8)16(12,13)14/h2-7H,1H3. The molecule has 6 heteroatoms. The molecule has 0 N–H and O–H groups in total. The van der Waals surface area contributed by atoms with E-state index >= 15 is 0 Å². The molecule has 0 aliphatic rings. The summed E-state index contributed by atoms with van der Waals surface area (Å²) in [5.74, 6) is 0.507. The van der Waals surface area contributed by atoms with Crippen molar-refractivity contribution in [2.45, 2.75) is 4.90 Å². The highest BCUT2D eigenvalue weighted by molar-refractivity contribution is 7.85. The number of rotatable bonds is 2. The zero-order chi connectivity index (χ0) is 11.8. The molecule has 0 bridgehead atoms. The normalized spacial score (nSPS) is 11.6. The quantitative estimate of drug-likeness (QED) is 0.570. The van der Waals surface area contributed by atoms with E-state index in [0.717, 1.165) is 0 Å². The van der Waals surface area contributed by atoms with Crippen LogP contribution in [0.4, 0.5) is 0 Å². The van der Waals surface area contributed by atoms with Crippen LogP contribution in [0.2, 0.25) is 0 Å². The highest BCUT2D eigenvalue weighted by Crippen LogP contribution is 2.21. The third kappa shape index (κ3) is 2.12. The van der Waals surface area contributed by atoms with E-state index in [1.807, 2.05) is 0 Å². The van der Waals surface area contributed by atoms with Crippen molar-refractivity contribution in [3.05, 3.63) is 36.5 Å². The van der Waals surface area contributed by atoms with Crippen LogP contribution in [0.1, 0.15) is 0 Å². The lowest BCUT2D eigenvalue weighted by Gasteiger charge is -2.06. The number of benzene rings is 1. The summed E-state index contributed by atoms with van der Waals surface area (Å²) < 4.78 is 39.2. The number of aromatic nitrogens is 1. The van der Waals surface area contributed by atoms with Crippen molar-refractivity contribution in [3.8, 4) is 11.3 Å². The van der Waals surface area contributed by atoms with Gasteiger partial charge in [-0.2, -0.15) is 0 Å². The van der Waals surface area contributed by atoms with E-state index in [0.29, 0.717) is 11.3 Å². The van der Waals surface area contributed by atoms with E-state index in [1.54, 1.807) is 25.4 Å². The Morgan fingerprint density at radius 3 is 2.62 bits per heavy atom. The molecule has 0 saturated carbocycles. The molecule has 0 amide bonds. The number of hydrogen-bond acceptors (Lipinski definition) is 4. The lowest BCUT2D eigenvalue weighted by atomic mass is 10.2. The Hall–Kier alpha value is -1.66. The van der Waals surface area contributed by atoms with Gasteiger partial charge in [-0.15, -0.1) is 0 Å². The van der Waals surface area contributed by atoms with Crippen LogP contribution in [0, 0.1) is 0 Å². The summed E-state index contributed by atoms with van der Waals surface area (Å²) in [5, 5.41) is 0. The second-order valence-electron chi connectivity index (χ2n) is 3.30. The van der Waals surface area contributed by atoms with Gasteiger partial charge >= 0.3 is 0 Å². The maximum absolute atomic E-state index is 10.8.